The van der Waals surface area contributed by atoms with Gasteiger partial charge in [0.05, 0.1) is 5.92 Å². The van der Waals surface area contributed by atoms with E-state index in [1.54, 1.807) is 0 Å². The highest BCUT2D eigenvalue weighted by Gasteiger charge is 2.41. The fraction of sp³-hybridized carbons (Fsp3) is 0.571. The number of hydrogen-bond acceptors (Lipinski definition) is 4. The Kier molecular flexibility index (Phi) is 8.13. The summed E-state index contributed by atoms with van der Waals surface area (Å²) in [6, 6.07) is 5.00. The molecule has 8 heteroatoms. The maximum atomic E-state index is 14.5. The maximum Gasteiger partial charge on any atom is 0.278 e. The van der Waals surface area contributed by atoms with Crippen LogP contribution in [0.2, 0.25) is 0 Å². The van der Waals surface area contributed by atoms with E-state index in [4.69, 9.17) is 5.21 Å². The van der Waals surface area contributed by atoms with Crippen LogP contribution >= 0.6 is 0 Å². The third-order valence-electron chi connectivity index (χ3n) is 5.39. The molecule has 160 valence electrons. The molecule has 1 saturated heterocycles. The summed E-state index contributed by atoms with van der Waals surface area (Å²) in [6.45, 7) is 6.04. The van der Waals surface area contributed by atoms with Crippen molar-refractivity contribution in [3.63, 3.8) is 0 Å². The number of benzene rings is 1. The van der Waals surface area contributed by atoms with Crippen LogP contribution in [0.15, 0.2) is 18.2 Å². The van der Waals surface area contributed by atoms with Crippen molar-refractivity contribution in [3.8, 4) is 0 Å². The van der Waals surface area contributed by atoms with Crippen LogP contribution in [0.25, 0.3) is 0 Å². The van der Waals surface area contributed by atoms with Crippen molar-refractivity contribution in [2.24, 2.45) is 5.92 Å². The zero-order chi connectivity index (χ0) is 21.6. The van der Waals surface area contributed by atoms with Crippen molar-refractivity contribution in [3.05, 3.63) is 29.3 Å². The fourth-order valence-electron chi connectivity index (χ4n) is 3.67. The number of alkyl halides is 1. The summed E-state index contributed by atoms with van der Waals surface area (Å²) in [4.78, 5) is 38.9. The second-order valence-corrected chi connectivity index (χ2v) is 7.62. The van der Waals surface area contributed by atoms with Crippen molar-refractivity contribution < 1.29 is 24.0 Å². The quantitative estimate of drug-likeness (QED) is 0.456. The second kappa shape index (κ2) is 10.3. The standard InChI is InChI=1S/C21H30FN3O4/c1-4-5-7-15(18(22)20(27)24-29)21(28)25-11-6-8-17(25)19(26)23-16-12-13(2)9-10-14(16)3/h9-10,12,15,17-18,29H,4-8,11H2,1-3H3,(H,23,26)(H,24,27)/t15-,17?,18-/m1/s1. The normalized spacial score (nSPS) is 18.2. The van der Waals surface area contributed by atoms with E-state index in [9.17, 15) is 18.8 Å². The Balaban J connectivity index is 2.17. The molecule has 1 aliphatic heterocycles. The number of likely N-dealkylation sites (tertiary alicyclic amines) is 1. The lowest BCUT2D eigenvalue weighted by atomic mass is 9.94. The Morgan fingerprint density at radius 3 is 2.69 bits per heavy atom. The van der Waals surface area contributed by atoms with E-state index in [1.165, 1.54) is 10.4 Å². The Bertz CT molecular complexity index is 755. The number of nitrogens with one attached hydrogen (secondary N) is 2. The van der Waals surface area contributed by atoms with Gasteiger partial charge in [-0.15, -0.1) is 0 Å². The molecule has 3 amide bonds. The van der Waals surface area contributed by atoms with Crippen LogP contribution in [0.4, 0.5) is 10.1 Å². The summed E-state index contributed by atoms with van der Waals surface area (Å²) >= 11 is 0. The number of rotatable bonds is 8. The van der Waals surface area contributed by atoms with Gasteiger partial charge in [-0.2, -0.15) is 0 Å². The Morgan fingerprint density at radius 1 is 1.31 bits per heavy atom. The molecule has 1 aromatic rings. The van der Waals surface area contributed by atoms with Gasteiger partial charge in [-0.05, 0) is 50.3 Å². The lowest BCUT2D eigenvalue weighted by molar-refractivity contribution is -0.148. The molecule has 0 spiro atoms. The number of hydroxylamine groups is 1. The predicted molar refractivity (Wildman–Crippen MR) is 107 cm³/mol. The molecular formula is C21H30FN3O4. The van der Waals surface area contributed by atoms with Crippen LogP contribution in [0.3, 0.4) is 0 Å². The first-order valence-electron chi connectivity index (χ1n) is 10.1. The van der Waals surface area contributed by atoms with Crippen molar-refractivity contribution >= 4 is 23.4 Å². The first-order valence-corrected chi connectivity index (χ1v) is 10.1. The molecule has 0 saturated carbocycles. The van der Waals surface area contributed by atoms with Gasteiger partial charge in [-0.1, -0.05) is 31.9 Å². The highest BCUT2D eigenvalue weighted by Crippen LogP contribution is 2.27. The molecule has 3 atom stereocenters. The van der Waals surface area contributed by atoms with Gasteiger partial charge >= 0.3 is 0 Å². The highest BCUT2D eigenvalue weighted by molar-refractivity contribution is 5.99. The second-order valence-electron chi connectivity index (χ2n) is 7.62. The number of nitrogens with zero attached hydrogens (tertiary/aromatic N) is 1. The minimum absolute atomic E-state index is 0.172. The number of unbranched alkanes of at least 4 members (excludes halogenated alkanes) is 1. The molecule has 1 unspecified atom stereocenters. The first-order chi connectivity index (χ1) is 13.8. The number of carbonyl (C=O) groups is 3. The number of hydrogen-bond donors (Lipinski definition) is 3. The van der Waals surface area contributed by atoms with E-state index in [0.717, 1.165) is 17.5 Å². The summed E-state index contributed by atoms with van der Waals surface area (Å²) in [7, 11) is 0. The van der Waals surface area contributed by atoms with Crippen LogP contribution in [0, 0.1) is 19.8 Å². The largest absolute Gasteiger partial charge is 0.330 e. The molecule has 2 rings (SSSR count). The van der Waals surface area contributed by atoms with Gasteiger partial charge in [0.25, 0.3) is 5.91 Å². The molecule has 7 nitrogen and oxygen atoms in total. The van der Waals surface area contributed by atoms with E-state index in [1.807, 2.05) is 39.0 Å². The topological polar surface area (TPSA) is 98.7 Å². The molecule has 0 aliphatic carbocycles. The average Bonchev–Trinajstić information content (AvgIpc) is 3.20. The molecule has 1 fully saturated rings. The molecule has 0 aromatic heterocycles. The number of carbonyl (C=O) groups excluding carboxylic acids is 3. The smallest absolute Gasteiger partial charge is 0.278 e. The van der Waals surface area contributed by atoms with Crippen LogP contribution in [-0.2, 0) is 14.4 Å². The summed E-state index contributed by atoms with van der Waals surface area (Å²) < 4.78 is 14.5. The summed E-state index contributed by atoms with van der Waals surface area (Å²) in [5, 5.41) is 11.6. The third kappa shape index (κ3) is 5.53. The van der Waals surface area contributed by atoms with Crippen LogP contribution in [-0.4, -0.2) is 46.6 Å². The number of amides is 3. The van der Waals surface area contributed by atoms with E-state index in [-0.39, 0.29) is 12.3 Å². The zero-order valence-corrected chi connectivity index (χ0v) is 17.2. The Hall–Kier alpha value is -2.48. The van der Waals surface area contributed by atoms with Gasteiger partial charge in [0.2, 0.25) is 11.8 Å². The van der Waals surface area contributed by atoms with Crippen LogP contribution < -0.4 is 10.8 Å². The van der Waals surface area contributed by atoms with E-state index < -0.39 is 29.9 Å². The van der Waals surface area contributed by atoms with Gasteiger partial charge < -0.3 is 10.2 Å². The fourth-order valence-corrected chi connectivity index (χ4v) is 3.67. The summed E-state index contributed by atoms with van der Waals surface area (Å²) in [6.07, 6.45) is 0.400. The zero-order valence-electron chi connectivity index (χ0n) is 17.2. The highest BCUT2D eigenvalue weighted by atomic mass is 19.1. The molecule has 0 bridgehead atoms. The summed E-state index contributed by atoms with van der Waals surface area (Å²) in [5.74, 6) is -3.35. The van der Waals surface area contributed by atoms with Crippen molar-refractivity contribution in [2.75, 3.05) is 11.9 Å². The lowest BCUT2D eigenvalue weighted by Gasteiger charge is -2.29. The van der Waals surface area contributed by atoms with Gasteiger partial charge in [0.1, 0.15) is 6.04 Å². The maximum absolute atomic E-state index is 14.5. The Labute approximate surface area is 170 Å². The number of aryl methyl sites for hydroxylation is 2. The summed E-state index contributed by atoms with van der Waals surface area (Å²) in [5.41, 5.74) is 3.87. The van der Waals surface area contributed by atoms with Crippen molar-refractivity contribution in [1.29, 1.82) is 0 Å². The lowest BCUT2D eigenvalue weighted by Crippen LogP contribution is -2.49. The van der Waals surface area contributed by atoms with Gasteiger partial charge in [0, 0.05) is 12.2 Å². The minimum Gasteiger partial charge on any atom is -0.330 e. The van der Waals surface area contributed by atoms with Crippen molar-refractivity contribution in [1.82, 2.24) is 10.4 Å². The predicted octanol–water partition coefficient (Wildman–Crippen LogP) is 2.88. The van der Waals surface area contributed by atoms with Gasteiger partial charge in [-0.3, -0.25) is 19.6 Å². The van der Waals surface area contributed by atoms with Crippen molar-refractivity contribution in [2.45, 2.75) is 65.1 Å². The number of halogens is 1. The van der Waals surface area contributed by atoms with E-state index >= 15 is 0 Å². The van der Waals surface area contributed by atoms with Gasteiger partial charge in [0.15, 0.2) is 6.17 Å². The molecule has 1 aliphatic rings. The molecule has 3 N–H and O–H groups in total. The molecule has 0 radical (unpaired) electrons. The molecular weight excluding hydrogens is 377 g/mol. The molecule has 29 heavy (non-hydrogen) atoms. The van der Waals surface area contributed by atoms with Crippen LogP contribution in [0.1, 0.15) is 50.2 Å². The SMILES string of the molecule is CCCC[C@@H](C(=O)N1CCCC1C(=O)Nc1cc(C)ccc1C)[C@@H](F)C(=O)NO. The van der Waals surface area contributed by atoms with E-state index in [0.29, 0.717) is 31.5 Å². The monoisotopic (exact) mass is 407 g/mol. The molecule has 1 heterocycles. The van der Waals surface area contributed by atoms with Gasteiger partial charge in [-0.25, -0.2) is 9.87 Å². The first kappa shape index (κ1) is 22.8. The number of anilines is 1. The Morgan fingerprint density at radius 2 is 2.03 bits per heavy atom. The molecule has 1 aromatic carbocycles. The third-order valence-corrected chi connectivity index (χ3v) is 5.39. The average molecular weight is 407 g/mol. The minimum atomic E-state index is -2.16. The van der Waals surface area contributed by atoms with E-state index in [2.05, 4.69) is 5.32 Å². The van der Waals surface area contributed by atoms with Crippen LogP contribution in [0.5, 0.6) is 0 Å².